The van der Waals surface area contributed by atoms with Crippen molar-refractivity contribution in [3.05, 3.63) is 0 Å². The smallest absolute Gasteiger partial charge is 0.256 e. The number of rotatable bonds is 3. The normalized spacial score (nSPS) is 46.4. The number of fused-ring (bicyclic) bond motifs is 3. The number of carbonyl (C=O) groups excluding carboxylic acids is 2. The quantitative estimate of drug-likeness (QED) is 0.187. The van der Waals surface area contributed by atoms with Crippen LogP contribution in [0.5, 0.6) is 0 Å². The van der Waals surface area contributed by atoms with Crippen molar-refractivity contribution in [2.75, 3.05) is 6.61 Å². The lowest BCUT2D eigenvalue weighted by molar-refractivity contribution is -0.301. The van der Waals surface area contributed by atoms with Gasteiger partial charge < -0.3 is 40.2 Å². The number of carbonyl (C=O) groups is 2. The van der Waals surface area contributed by atoms with Gasteiger partial charge in [0.15, 0.2) is 0 Å². The standard InChI is InChI=1S/C22H34N2O10/c1-22(2,3)24-19(31)9-5-4-8-10(6-11(26)15(27)13(8)14(9)20(24)32)23-34-21-18(30)17(29)16(28)12(7-25)33-21/h8-9,11-18,21,25-30H,4-7H2,1-3H3/b23-10+/t8-,9+,11+,12+,13-,14+,15+,16+,17-,18+,21-/m0/s1. The van der Waals surface area contributed by atoms with Crippen LogP contribution in [-0.2, 0) is 19.2 Å². The number of aliphatic hydroxyl groups excluding tert-OH is 6. The van der Waals surface area contributed by atoms with E-state index in [0.717, 1.165) is 0 Å². The van der Waals surface area contributed by atoms with Gasteiger partial charge in [0.25, 0.3) is 6.29 Å². The summed E-state index contributed by atoms with van der Waals surface area (Å²) in [4.78, 5) is 32.9. The van der Waals surface area contributed by atoms with Crippen LogP contribution in [0.3, 0.4) is 0 Å². The number of aliphatic hydroxyl groups is 6. The first-order valence-electron chi connectivity index (χ1n) is 11.7. The van der Waals surface area contributed by atoms with Gasteiger partial charge in [-0.1, -0.05) is 5.16 Å². The lowest BCUT2D eigenvalue weighted by atomic mass is 9.60. The first-order chi connectivity index (χ1) is 15.9. The van der Waals surface area contributed by atoms with Gasteiger partial charge in [-0.05, 0) is 33.6 Å². The second-order valence-corrected chi connectivity index (χ2v) is 10.7. The molecule has 2 amide bonds. The minimum absolute atomic E-state index is 0.0533. The molecular formula is C22H34N2O10. The van der Waals surface area contributed by atoms with Gasteiger partial charge in [0.2, 0.25) is 11.8 Å². The lowest BCUT2D eigenvalue weighted by Crippen LogP contribution is -2.59. The molecule has 2 aliphatic carbocycles. The van der Waals surface area contributed by atoms with E-state index in [0.29, 0.717) is 18.6 Å². The topological polar surface area (TPSA) is 190 Å². The van der Waals surface area contributed by atoms with Crippen molar-refractivity contribution >= 4 is 17.5 Å². The third-order valence-corrected chi connectivity index (χ3v) is 7.57. The van der Waals surface area contributed by atoms with E-state index in [1.807, 2.05) is 0 Å². The fourth-order valence-corrected chi connectivity index (χ4v) is 5.91. The van der Waals surface area contributed by atoms with E-state index in [9.17, 15) is 40.2 Å². The van der Waals surface area contributed by atoms with Gasteiger partial charge in [0, 0.05) is 23.8 Å². The number of amides is 2. The molecule has 4 aliphatic rings. The average Bonchev–Trinajstić information content (AvgIpc) is 3.04. The molecule has 0 unspecified atom stereocenters. The predicted octanol–water partition coefficient (Wildman–Crippen LogP) is -2.29. The van der Waals surface area contributed by atoms with Crippen LogP contribution in [0.2, 0.25) is 0 Å². The molecule has 34 heavy (non-hydrogen) atoms. The largest absolute Gasteiger partial charge is 0.394 e. The Morgan fingerprint density at radius 1 is 0.971 bits per heavy atom. The number of imide groups is 1. The second-order valence-electron chi connectivity index (χ2n) is 10.7. The molecule has 0 bridgehead atoms. The number of oxime groups is 1. The molecule has 2 aliphatic heterocycles. The van der Waals surface area contributed by atoms with Gasteiger partial charge in [0.05, 0.1) is 36.4 Å². The van der Waals surface area contributed by atoms with E-state index in [4.69, 9.17) is 9.57 Å². The average molecular weight is 487 g/mol. The molecular weight excluding hydrogens is 452 g/mol. The molecule has 6 N–H and O–H groups in total. The maximum absolute atomic E-state index is 13.3. The number of likely N-dealkylation sites (tertiary alicyclic amines) is 1. The van der Waals surface area contributed by atoms with Crippen LogP contribution < -0.4 is 0 Å². The third-order valence-electron chi connectivity index (χ3n) is 7.57. The number of hydrogen-bond donors (Lipinski definition) is 6. The van der Waals surface area contributed by atoms with Crippen LogP contribution in [-0.4, -0.2) is 108 Å². The maximum Gasteiger partial charge on any atom is 0.256 e. The van der Waals surface area contributed by atoms with E-state index in [2.05, 4.69) is 5.16 Å². The van der Waals surface area contributed by atoms with Crippen molar-refractivity contribution < 1.29 is 49.8 Å². The van der Waals surface area contributed by atoms with Crippen molar-refractivity contribution in [1.29, 1.82) is 0 Å². The maximum atomic E-state index is 13.3. The molecule has 4 fully saturated rings. The van der Waals surface area contributed by atoms with Crippen molar-refractivity contribution in [3.8, 4) is 0 Å². The highest BCUT2D eigenvalue weighted by molar-refractivity contribution is 6.06. The Bertz CT molecular complexity index is 842. The Labute approximate surface area is 196 Å². The molecule has 0 aromatic carbocycles. The molecule has 12 nitrogen and oxygen atoms in total. The summed E-state index contributed by atoms with van der Waals surface area (Å²) in [5.74, 6) is -3.23. The Hall–Kier alpha value is -1.67. The molecule has 4 rings (SSSR count). The Morgan fingerprint density at radius 2 is 1.62 bits per heavy atom. The summed E-state index contributed by atoms with van der Waals surface area (Å²) in [6.07, 6.45) is -9.19. The van der Waals surface area contributed by atoms with Gasteiger partial charge in [-0.15, -0.1) is 0 Å². The van der Waals surface area contributed by atoms with Crippen LogP contribution in [0.25, 0.3) is 0 Å². The molecule has 2 saturated heterocycles. The summed E-state index contributed by atoms with van der Waals surface area (Å²) in [7, 11) is 0. The van der Waals surface area contributed by atoms with Gasteiger partial charge >= 0.3 is 0 Å². The molecule has 11 atom stereocenters. The lowest BCUT2D eigenvalue weighted by Gasteiger charge is -2.45. The summed E-state index contributed by atoms with van der Waals surface area (Å²) < 4.78 is 5.30. The molecule has 12 heteroatoms. The van der Waals surface area contributed by atoms with Crippen LogP contribution in [0.1, 0.15) is 40.0 Å². The number of hydrogen-bond acceptors (Lipinski definition) is 11. The first-order valence-corrected chi connectivity index (χ1v) is 11.7. The van der Waals surface area contributed by atoms with E-state index in [1.165, 1.54) is 4.90 Å². The third kappa shape index (κ3) is 4.04. The molecule has 0 aromatic heterocycles. The summed E-state index contributed by atoms with van der Waals surface area (Å²) in [5, 5.41) is 64.8. The summed E-state index contributed by atoms with van der Waals surface area (Å²) >= 11 is 0. The molecule has 192 valence electrons. The van der Waals surface area contributed by atoms with E-state index < -0.39 is 78.7 Å². The fourth-order valence-electron chi connectivity index (χ4n) is 5.91. The fraction of sp³-hybridized carbons (Fsp3) is 0.864. The minimum atomic E-state index is -1.65. The van der Waals surface area contributed by atoms with Gasteiger partial charge in [0.1, 0.15) is 24.4 Å². The minimum Gasteiger partial charge on any atom is -0.394 e. The van der Waals surface area contributed by atoms with E-state index in [1.54, 1.807) is 20.8 Å². The summed E-state index contributed by atoms with van der Waals surface area (Å²) in [5.41, 5.74) is -0.379. The zero-order valence-electron chi connectivity index (χ0n) is 19.4. The Kier molecular flexibility index (Phi) is 6.79. The van der Waals surface area contributed by atoms with Gasteiger partial charge in [-0.25, -0.2) is 0 Å². The summed E-state index contributed by atoms with van der Waals surface area (Å²) in [6, 6.07) is 0. The number of ether oxygens (including phenoxy) is 1. The van der Waals surface area contributed by atoms with Crippen LogP contribution in [0, 0.1) is 23.7 Å². The van der Waals surface area contributed by atoms with Crippen molar-refractivity contribution in [2.24, 2.45) is 28.8 Å². The monoisotopic (exact) mass is 486 g/mol. The van der Waals surface area contributed by atoms with Crippen LogP contribution >= 0.6 is 0 Å². The van der Waals surface area contributed by atoms with Crippen molar-refractivity contribution in [3.63, 3.8) is 0 Å². The van der Waals surface area contributed by atoms with E-state index in [-0.39, 0.29) is 18.2 Å². The molecule has 0 aromatic rings. The Morgan fingerprint density at radius 3 is 2.24 bits per heavy atom. The van der Waals surface area contributed by atoms with Gasteiger partial charge in [-0.3, -0.25) is 14.5 Å². The first kappa shape index (κ1) is 25.4. The van der Waals surface area contributed by atoms with Crippen LogP contribution in [0.4, 0.5) is 0 Å². The second kappa shape index (κ2) is 9.08. The van der Waals surface area contributed by atoms with Crippen LogP contribution in [0.15, 0.2) is 5.16 Å². The van der Waals surface area contributed by atoms with Crippen molar-refractivity contribution in [2.45, 2.75) is 88.5 Å². The molecule has 2 saturated carbocycles. The predicted molar refractivity (Wildman–Crippen MR) is 114 cm³/mol. The highest BCUT2D eigenvalue weighted by atomic mass is 16.8. The highest BCUT2D eigenvalue weighted by Gasteiger charge is 2.61. The Balaban J connectivity index is 1.59. The molecule has 0 spiro atoms. The highest BCUT2D eigenvalue weighted by Crippen LogP contribution is 2.50. The number of nitrogens with zero attached hydrogens (tertiary/aromatic N) is 2. The van der Waals surface area contributed by atoms with E-state index >= 15 is 0 Å². The SMILES string of the molecule is CC(C)(C)N1C(=O)[C@H]2[C@H]3[C@H](O)[C@H](O)C/C(=N\O[C@@H]4O[C@H](CO)[C@@H](O)[C@H](O)[C@H]4O)[C@@H]3CC[C@H]2C1=O. The zero-order chi connectivity index (χ0) is 25.1. The van der Waals surface area contributed by atoms with Gasteiger partial charge in [-0.2, -0.15) is 0 Å². The van der Waals surface area contributed by atoms with Crippen molar-refractivity contribution in [1.82, 2.24) is 4.90 Å². The summed E-state index contributed by atoms with van der Waals surface area (Å²) in [6.45, 7) is 4.68. The molecule has 0 radical (unpaired) electrons. The zero-order valence-corrected chi connectivity index (χ0v) is 19.4. The molecule has 2 heterocycles.